The summed E-state index contributed by atoms with van der Waals surface area (Å²) < 4.78 is 5.12. The van der Waals surface area contributed by atoms with Gasteiger partial charge in [0.1, 0.15) is 17.5 Å². The molecule has 1 fully saturated rings. The summed E-state index contributed by atoms with van der Waals surface area (Å²) in [6.45, 7) is 0.895. The largest absolute Gasteiger partial charge is 0.507 e. The number of carbonyl (C=O) groups excluding carboxylic acids is 2. The summed E-state index contributed by atoms with van der Waals surface area (Å²) in [5.74, 6) is 0.199. The molecule has 136 valence electrons. The number of amides is 2. The normalized spacial score (nSPS) is 16.3. The van der Waals surface area contributed by atoms with E-state index in [4.69, 9.17) is 4.74 Å². The number of benzene rings is 2. The van der Waals surface area contributed by atoms with Gasteiger partial charge in [0, 0.05) is 13.1 Å². The van der Waals surface area contributed by atoms with Crippen LogP contribution in [0.3, 0.4) is 0 Å². The molecule has 2 N–H and O–H groups in total. The van der Waals surface area contributed by atoms with E-state index in [2.05, 4.69) is 5.32 Å². The van der Waals surface area contributed by atoms with Gasteiger partial charge in [0.2, 0.25) is 5.91 Å². The third-order valence-corrected chi connectivity index (χ3v) is 4.58. The van der Waals surface area contributed by atoms with E-state index in [9.17, 15) is 14.7 Å². The Bertz CT molecular complexity index is 789. The fourth-order valence-corrected chi connectivity index (χ4v) is 3.14. The van der Waals surface area contributed by atoms with Crippen molar-refractivity contribution < 1.29 is 19.4 Å². The van der Waals surface area contributed by atoms with Gasteiger partial charge in [-0.25, -0.2) is 0 Å². The minimum Gasteiger partial charge on any atom is -0.507 e. The molecule has 2 aromatic carbocycles. The summed E-state index contributed by atoms with van der Waals surface area (Å²) in [4.78, 5) is 26.8. The number of aromatic hydroxyl groups is 1. The van der Waals surface area contributed by atoms with Gasteiger partial charge >= 0.3 is 0 Å². The van der Waals surface area contributed by atoms with Crippen molar-refractivity contribution in [1.29, 1.82) is 0 Å². The minimum absolute atomic E-state index is 0.0678. The Hall–Kier alpha value is -3.02. The van der Waals surface area contributed by atoms with Crippen molar-refractivity contribution in [2.75, 3.05) is 13.7 Å². The van der Waals surface area contributed by atoms with Crippen LogP contribution >= 0.6 is 0 Å². The molecule has 6 heteroatoms. The first-order valence-electron chi connectivity index (χ1n) is 8.60. The molecule has 2 amide bonds. The molecule has 1 aliphatic heterocycles. The molecule has 0 radical (unpaired) electrons. The fourth-order valence-electron chi connectivity index (χ4n) is 3.14. The number of phenols is 1. The van der Waals surface area contributed by atoms with Crippen LogP contribution in [-0.4, -0.2) is 41.5 Å². The Kier molecular flexibility index (Phi) is 5.41. The standard InChI is InChI=1S/C20H22N2O4/c1-26-15-10-8-14(9-11-15)13-21-19(24)17-6-4-12-22(17)20(25)16-5-2-3-7-18(16)23/h2-3,5,7-11,17,23H,4,6,12-13H2,1H3,(H,21,24). The molecule has 2 aromatic rings. The quantitative estimate of drug-likeness (QED) is 0.864. The Balaban J connectivity index is 1.64. The Morgan fingerprint density at radius 3 is 2.62 bits per heavy atom. The summed E-state index contributed by atoms with van der Waals surface area (Å²) in [5.41, 5.74) is 1.18. The van der Waals surface area contributed by atoms with Gasteiger partial charge in [0.05, 0.1) is 12.7 Å². The van der Waals surface area contributed by atoms with Gasteiger partial charge < -0.3 is 20.1 Å². The number of hydrogen-bond acceptors (Lipinski definition) is 4. The summed E-state index contributed by atoms with van der Waals surface area (Å²) in [7, 11) is 1.60. The van der Waals surface area contributed by atoms with E-state index in [0.29, 0.717) is 19.5 Å². The highest BCUT2D eigenvalue weighted by Crippen LogP contribution is 2.24. The zero-order chi connectivity index (χ0) is 18.5. The van der Waals surface area contributed by atoms with E-state index in [0.717, 1.165) is 17.7 Å². The van der Waals surface area contributed by atoms with Gasteiger partial charge in [-0.05, 0) is 42.7 Å². The van der Waals surface area contributed by atoms with Crippen molar-refractivity contribution in [1.82, 2.24) is 10.2 Å². The summed E-state index contributed by atoms with van der Waals surface area (Å²) >= 11 is 0. The van der Waals surface area contributed by atoms with Crippen LogP contribution in [0.15, 0.2) is 48.5 Å². The molecule has 6 nitrogen and oxygen atoms in total. The lowest BCUT2D eigenvalue weighted by Crippen LogP contribution is -2.45. The minimum atomic E-state index is -0.514. The molecule has 0 saturated carbocycles. The van der Waals surface area contributed by atoms with E-state index in [1.165, 1.54) is 6.07 Å². The number of hydrogen-bond donors (Lipinski definition) is 2. The Labute approximate surface area is 152 Å². The highest BCUT2D eigenvalue weighted by Gasteiger charge is 2.35. The Morgan fingerprint density at radius 2 is 1.92 bits per heavy atom. The monoisotopic (exact) mass is 354 g/mol. The second-order valence-corrected chi connectivity index (χ2v) is 6.24. The first kappa shape index (κ1) is 17.8. The molecule has 0 bridgehead atoms. The van der Waals surface area contributed by atoms with Crippen molar-refractivity contribution in [2.45, 2.75) is 25.4 Å². The van der Waals surface area contributed by atoms with E-state index >= 15 is 0 Å². The maximum absolute atomic E-state index is 12.7. The van der Waals surface area contributed by atoms with Crippen LogP contribution in [0.4, 0.5) is 0 Å². The number of nitrogens with zero attached hydrogens (tertiary/aromatic N) is 1. The molecule has 0 aliphatic carbocycles. The Morgan fingerprint density at radius 1 is 1.19 bits per heavy atom. The molecular formula is C20H22N2O4. The molecule has 1 atom stereocenters. The third-order valence-electron chi connectivity index (χ3n) is 4.58. The predicted molar refractivity (Wildman–Crippen MR) is 97.0 cm³/mol. The van der Waals surface area contributed by atoms with E-state index in [-0.39, 0.29) is 23.1 Å². The van der Waals surface area contributed by atoms with Crippen LogP contribution in [0.2, 0.25) is 0 Å². The van der Waals surface area contributed by atoms with Gasteiger partial charge in [-0.1, -0.05) is 24.3 Å². The second-order valence-electron chi connectivity index (χ2n) is 6.24. The van der Waals surface area contributed by atoms with Gasteiger partial charge in [0.25, 0.3) is 5.91 Å². The summed E-state index contributed by atoms with van der Waals surface area (Å²) in [6, 6.07) is 13.3. The highest BCUT2D eigenvalue weighted by atomic mass is 16.5. The molecule has 1 unspecified atom stereocenters. The van der Waals surface area contributed by atoms with E-state index in [1.807, 2.05) is 24.3 Å². The molecule has 1 heterocycles. The number of methoxy groups -OCH3 is 1. The average Bonchev–Trinajstić information content (AvgIpc) is 3.16. The number of carbonyl (C=O) groups is 2. The zero-order valence-corrected chi connectivity index (χ0v) is 14.6. The van der Waals surface area contributed by atoms with Crippen molar-refractivity contribution in [2.24, 2.45) is 0 Å². The van der Waals surface area contributed by atoms with Gasteiger partial charge in [-0.15, -0.1) is 0 Å². The number of likely N-dealkylation sites (tertiary alicyclic amines) is 1. The third kappa shape index (κ3) is 3.79. The lowest BCUT2D eigenvalue weighted by molar-refractivity contribution is -0.125. The average molecular weight is 354 g/mol. The number of nitrogens with one attached hydrogen (secondary N) is 1. The predicted octanol–water partition coefficient (Wildman–Crippen LogP) is 2.32. The molecule has 0 aromatic heterocycles. The van der Waals surface area contributed by atoms with Crippen LogP contribution in [0, 0.1) is 0 Å². The number of para-hydroxylation sites is 1. The SMILES string of the molecule is COc1ccc(CNC(=O)C2CCCN2C(=O)c2ccccc2O)cc1. The zero-order valence-electron chi connectivity index (χ0n) is 14.6. The number of rotatable bonds is 5. The second kappa shape index (κ2) is 7.91. The van der Waals surface area contributed by atoms with Gasteiger partial charge in [-0.2, -0.15) is 0 Å². The number of phenolic OH excluding ortho intramolecular Hbond substituents is 1. The maximum Gasteiger partial charge on any atom is 0.258 e. The number of ether oxygens (including phenoxy) is 1. The molecular weight excluding hydrogens is 332 g/mol. The summed E-state index contributed by atoms with van der Waals surface area (Å²) in [6.07, 6.45) is 1.38. The lowest BCUT2D eigenvalue weighted by atomic mass is 10.1. The fraction of sp³-hybridized carbons (Fsp3) is 0.300. The van der Waals surface area contributed by atoms with Crippen molar-refractivity contribution >= 4 is 11.8 Å². The topological polar surface area (TPSA) is 78.9 Å². The first-order chi connectivity index (χ1) is 12.6. The van der Waals surface area contributed by atoms with E-state index < -0.39 is 6.04 Å². The first-order valence-corrected chi connectivity index (χ1v) is 8.60. The van der Waals surface area contributed by atoms with Crippen molar-refractivity contribution in [3.8, 4) is 11.5 Å². The van der Waals surface area contributed by atoms with Gasteiger partial charge in [-0.3, -0.25) is 9.59 Å². The molecule has 1 aliphatic rings. The summed E-state index contributed by atoms with van der Waals surface area (Å²) in [5, 5.41) is 12.8. The lowest BCUT2D eigenvalue weighted by Gasteiger charge is -2.24. The van der Waals surface area contributed by atoms with Crippen LogP contribution in [-0.2, 0) is 11.3 Å². The van der Waals surface area contributed by atoms with Crippen LogP contribution in [0.1, 0.15) is 28.8 Å². The van der Waals surface area contributed by atoms with E-state index in [1.54, 1.807) is 30.2 Å². The maximum atomic E-state index is 12.7. The highest BCUT2D eigenvalue weighted by molar-refractivity contribution is 5.99. The van der Waals surface area contributed by atoms with Crippen LogP contribution < -0.4 is 10.1 Å². The van der Waals surface area contributed by atoms with Crippen LogP contribution in [0.5, 0.6) is 11.5 Å². The molecule has 0 spiro atoms. The van der Waals surface area contributed by atoms with Crippen molar-refractivity contribution in [3.63, 3.8) is 0 Å². The van der Waals surface area contributed by atoms with Crippen molar-refractivity contribution in [3.05, 3.63) is 59.7 Å². The molecule has 26 heavy (non-hydrogen) atoms. The van der Waals surface area contributed by atoms with Crippen LogP contribution in [0.25, 0.3) is 0 Å². The smallest absolute Gasteiger partial charge is 0.258 e. The molecule has 1 saturated heterocycles. The molecule has 3 rings (SSSR count). The van der Waals surface area contributed by atoms with Gasteiger partial charge in [0.15, 0.2) is 0 Å².